The molecule has 5 heteroatoms. The molecule has 0 aliphatic heterocycles. The van der Waals surface area contributed by atoms with Crippen LogP contribution in [0.1, 0.15) is 28.2 Å². The van der Waals surface area contributed by atoms with Crippen molar-refractivity contribution in [2.24, 2.45) is 0 Å². The van der Waals surface area contributed by atoms with Crippen molar-refractivity contribution in [2.75, 3.05) is 6.54 Å². The Morgan fingerprint density at radius 1 is 0.741 bits per heavy atom. The lowest BCUT2D eigenvalue weighted by molar-refractivity contribution is -0.140. The molecule has 0 saturated carbocycles. The summed E-state index contributed by atoms with van der Waals surface area (Å²) in [6, 6.07) is 23.0. The smallest absolute Gasteiger partial charge is 0.312 e. The van der Waals surface area contributed by atoms with Gasteiger partial charge < -0.3 is 5.32 Å². The van der Waals surface area contributed by atoms with E-state index < -0.39 is 17.6 Å². The third-order valence-electron chi connectivity index (χ3n) is 4.45. The molecule has 0 aliphatic carbocycles. The molecule has 3 aromatic rings. The SMILES string of the molecule is Fc1c(CNCC(c2ccccc2)c2ccccc2)cccc1C(F)(F)F. The second-order valence-electron chi connectivity index (χ2n) is 6.28. The molecule has 0 atom stereocenters. The first-order valence-corrected chi connectivity index (χ1v) is 8.62. The van der Waals surface area contributed by atoms with Gasteiger partial charge in [-0.3, -0.25) is 0 Å². The van der Waals surface area contributed by atoms with Crippen LogP contribution < -0.4 is 5.32 Å². The lowest BCUT2D eigenvalue weighted by Crippen LogP contribution is -2.23. The molecule has 27 heavy (non-hydrogen) atoms. The average molecular weight is 373 g/mol. The first kappa shape index (κ1) is 19.1. The summed E-state index contributed by atoms with van der Waals surface area (Å²) in [5.74, 6) is -1.20. The summed E-state index contributed by atoms with van der Waals surface area (Å²) in [5, 5.41) is 3.11. The van der Waals surface area contributed by atoms with Crippen molar-refractivity contribution in [1.82, 2.24) is 5.32 Å². The third kappa shape index (κ3) is 4.74. The Morgan fingerprint density at radius 3 is 1.81 bits per heavy atom. The number of alkyl halides is 3. The van der Waals surface area contributed by atoms with Crippen LogP contribution in [-0.4, -0.2) is 6.54 Å². The van der Waals surface area contributed by atoms with Crippen LogP contribution in [0.4, 0.5) is 17.6 Å². The molecule has 140 valence electrons. The van der Waals surface area contributed by atoms with Gasteiger partial charge in [-0.2, -0.15) is 13.2 Å². The van der Waals surface area contributed by atoms with Crippen LogP contribution in [0.3, 0.4) is 0 Å². The maximum Gasteiger partial charge on any atom is 0.419 e. The van der Waals surface area contributed by atoms with Crippen LogP contribution in [-0.2, 0) is 12.7 Å². The Kier molecular flexibility index (Phi) is 5.91. The molecule has 0 amide bonds. The average Bonchev–Trinajstić information content (AvgIpc) is 2.67. The number of rotatable bonds is 6. The molecule has 0 unspecified atom stereocenters. The second kappa shape index (κ2) is 8.35. The van der Waals surface area contributed by atoms with E-state index in [2.05, 4.69) is 5.32 Å². The molecule has 0 spiro atoms. The Labute approximate surface area is 155 Å². The number of hydrogen-bond acceptors (Lipinski definition) is 1. The van der Waals surface area contributed by atoms with Crippen molar-refractivity contribution >= 4 is 0 Å². The van der Waals surface area contributed by atoms with E-state index in [1.807, 2.05) is 60.7 Å². The topological polar surface area (TPSA) is 12.0 Å². The molecular formula is C22H19F4N. The van der Waals surface area contributed by atoms with Gasteiger partial charge in [0.1, 0.15) is 5.82 Å². The molecule has 0 aromatic heterocycles. The van der Waals surface area contributed by atoms with Crippen LogP contribution in [0.25, 0.3) is 0 Å². The van der Waals surface area contributed by atoms with Gasteiger partial charge in [0.25, 0.3) is 0 Å². The van der Waals surface area contributed by atoms with E-state index in [9.17, 15) is 17.6 Å². The van der Waals surface area contributed by atoms with Crippen molar-refractivity contribution in [3.8, 4) is 0 Å². The zero-order chi connectivity index (χ0) is 19.3. The summed E-state index contributed by atoms with van der Waals surface area (Å²) >= 11 is 0. The van der Waals surface area contributed by atoms with Crippen molar-refractivity contribution in [3.63, 3.8) is 0 Å². The van der Waals surface area contributed by atoms with Gasteiger partial charge in [-0.05, 0) is 17.2 Å². The van der Waals surface area contributed by atoms with E-state index >= 15 is 0 Å². The minimum absolute atomic E-state index is 0.00435. The van der Waals surface area contributed by atoms with Crippen LogP contribution in [0, 0.1) is 5.82 Å². The molecule has 0 radical (unpaired) electrons. The minimum atomic E-state index is -4.70. The first-order chi connectivity index (χ1) is 13.0. The van der Waals surface area contributed by atoms with E-state index in [0.29, 0.717) is 6.54 Å². The molecule has 0 bridgehead atoms. The Morgan fingerprint density at radius 2 is 1.30 bits per heavy atom. The fourth-order valence-electron chi connectivity index (χ4n) is 3.09. The van der Waals surface area contributed by atoms with E-state index in [4.69, 9.17) is 0 Å². The maximum atomic E-state index is 14.2. The molecular weight excluding hydrogens is 354 g/mol. The maximum absolute atomic E-state index is 14.2. The fraction of sp³-hybridized carbons (Fsp3) is 0.182. The lowest BCUT2D eigenvalue weighted by Gasteiger charge is -2.19. The highest BCUT2D eigenvalue weighted by atomic mass is 19.4. The van der Waals surface area contributed by atoms with Gasteiger partial charge in [0, 0.05) is 24.6 Å². The molecule has 3 rings (SSSR count). The molecule has 0 saturated heterocycles. The summed E-state index contributed by atoms with van der Waals surface area (Å²) in [5.41, 5.74) is 0.940. The van der Waals surface area contributed by atoms with Gasteiger partial charge in [0.15, 0.2) is 0 Å². The number of nitrogens with one attached hydrogen (secondary N) is 1. The number of halogens is 4. The predicted octanol–water partition coefficient (Wildman–Crippen LogP) is 5.77. The Bertz CT molecular complexity index is 821. The fourth-order valence-corrected chi connectivity index (χ4v) is 3.09. The summed E-state index contributed by atoms with van der Waals surface area (Å²) in [6.45, 7) is 0.496. The Hall–Kier alpha value is -2.66. The first-order valence-electron chi connectivity index (χ1n) is 8.62. The van der Waals surface area contributed by atoms with Gasteiger partial charge in [-0.25, -0.2) is 4.39 Å². The van der Waals surface area contributed by atoms with Crippen LogP contribution in [0.15, 0.2) is 78.9 Å². The standard InChI is InChI=1S/C22H19F4N/c23-21-18(12-7-13-20(21)22(24,25)26)14-27-15-19(16-8-3-1-4-9-16)17-10-5-2-6-11-17/h1-13,19,27H,14-15H2. The molecule has 0 heterocycles. The molecule has 1 N–H and O–H groups in total. The summed E-state index contributed by atoms with van der Waals surface area (Å²) in [6.07, 6.45) is -4.70. The predicted molar refractivity (Wildman–Crippen MR) is 97.8 cm³/mol. The van der Waals surface area contributed by atoms with Crippen molar-refractivity contribution in [1.29, 1.82) is 0 Å². The molecule has 0 aliphatic rings. The zero-order valence-electron chi connectivity index (χ0n) is 14.5. The normalized spacial score (nSPS) is 11.7. The van der Waals surface area contributed by atoms with Gasteiger partial charge in [0.2, 0.25) is 0 Å². The van der Waals surface area contributed by atoms with Crippen LogP contribution >= 0.6 is 0 Å². The number of hydrogen-bond donors (Lipinski definition) is 1. The third-order valence-corrected chi connectivity index (χ3v) is 4.45. The largest absolute Gasteiger partial charge is 0.419 e. The molecule has 3 aromatic carbocycles. The Balaban J connectivity index is 1.76. The van der Waals surface area contributed by atoms with E-state index in [-0.39, 0.29) is 18.0 Å². The second-order valence-corrected chi connectivity index (χ2v) is 6.28. The van der Waals surface area contributed by atoms with E-state index in [1.165, 1.54) is 12.1 Å². The van der Waals surface area contributed by atoms with Crippen molar-refractivity contribution in [3.05, 3.63) is 107 Å². The van der Waals surface area contributed by atoms with Gasteiger partial charge in [0.05, 0.1) is 5.56 Å². The highest BCUT2D eigenvalue weighted by Crippen LogP contribution is 2.32. The molecule has 0 fully saturated rings. The quantitative estimate of drug-likeness (QED) is 0.541. The van der Waals surface area contributed by atoms with Gasteiger partial charge in [-0.15, -0.1) is 0 Å². The van der Waals surface area contributed by atoms with E-state index in [1.54, 1.807) is 0 Å². The van der Waals surface area contributed by atoms with Crippen LogP contribution in [0.5, 0.6) is 0 Å². The summed E-state index contributed by atoms with van der Waals surface area (Å²) in [7, 11) is 0. The number of benzene rings is 3. The highest BCUT2D eigenvalue weighted by Gasteiger charge is 2.34. The minimum Gasteiger partial charge on any atom is -0.312 e. The van der Waals surface area contributed by atoms with Gasteiger partial charge >= 0.3 is 6.18 Å². The lowest BCUT2D eigenvalue weighted by atomic mass is 9.91. The van der Waals surface area contributed by atoms with Crippen molar-refractivity contribution in [2.45, 2.75) is 18.6 Å². The van der Waals surface area contributed by atoms with Crippen molar-refractivity contribution < 1.29 is 17.6 Å². The molecule has 1 nitrogen and oxygen atoms in total. The summed E-state index contributed by atoms with van der Waals surface area (Å²) in [4.78, 5) is 0. The summed E-state index contributed by atoms with van der Waals surface area (Å²) < 4.78 is 52.8. The van der Waals surface area contributed by atoms with Crippen LogP contribution in [0.2, 0.25) is 0 Å². The zero-order valence-corrected chi connectivity index (χ0v) is 14.5. The highest BCUT2D eigenvalue weighted by molar-refractivity contribution is 5.33. The van der Waals surface area contributed by atoms with Gasteiger partial charge in [-0.1, -0.05) is 72.8 Å². The van der Waals surface area contributed by atoms with E-state index in [0.717, 1.165) is 17.2 Å². The monoisotopic (exact) mass is 373 g/mol.